The number of nitrogens with zero attached hydrogens (tertiary/aromatic N) is 2. The lowest BCUT2D eigenvalue weighted by atomic mass is 9.86. The standard InChI is InChI=1S/C34H39N3O7/c1-19-10-8-9-11-23(19)37-34(38)20-12-13-24-25(14-20)36-31(22-17-28(41-4)33(44-7)29(18-22)42-5)30(35-24)21-15-26(39-2)32(43-6)27(16-21)40-3/h12-19,23H,8-11H2,1-7H3,(H,37,38)/t19-,23-/m1/s1. The highest BCUT2D eigenvalue weighted by Crippen LogP contribution is 2.45. The molecule has 0 aliphatic heterocycles. The Kier molecular flexibility index (Phi) is 9.27. The minimum absolute atomic E-state index is 0.115. The molecule has 10 nitrogen and oxygen atoms in total. The summed E-state index contributed by atoms with van der Waals surface area (Å²) in [6, 6.07) is 12.8. The van der Waals surface area contributed by atoms with Gasteiger partial charge in [-0.15, -0.1) is 0 Å². The van der Waals surface area contributed by atoms with Gasteiger partial charge >= 0.3 is 0 Å². The van der Waals surface area contributed by atoms with Crippen molar-refractivity contribution in [2.75, 3.05) is 42.7 Å². The lowest BCUT2D eigenvalue weighted by molar-refractivity contribution is 0.0910. The summed E-state index contributed by atoms with van der Waals surface area (Å²) in [4.78, 5) is 23.5. The zero-order chi connectivity index (χ0) is 31.4. The van der Waals surface area contributed by atoms with Crippen molar-refractivity contribution in [2.24, 2.45) is 5.92 Å². The molecule has 1 aromatic heterocycles. The fourth-order valence-corrected chi connectivity index (χ4v) is 5.82. The molecule has 232 valence electrons. The summed E-state index contributed by atoms with van der Waals surface area (Å²) in [7, 11) is 9.36. The maximum atomic E-state index is 13.3. The Balaban J connectivity index is 1.70. The molecule has 0 unspecified atom stereocenters. The number of carbonyl (C=O) groups excluding carboxylic acids is 1. The fraction of sp³-hybridized carbons (Fsp3) is 0.382. The summed E-state index contributed by atoms with van der Waals surface area (Å²) in [6.45, 7) is 2.20. The molecule has 1 amide bonds. The van der Waals surface area contributed by atoms with E-state index in [2.05, 4.69) is 12.2 Å². The van der Waals surface area contributed by atoms with E-state index in [0.717, 1.165) is 19.3 Å². The molecule has 3 aromatic carbocycles. The monoisotopic (exact) mass is 601 g/mol. The van der Waals surface area contributed by atoms with Crippen LogP contribution in [-0.2, 0) is 0 Å². The van der Waals surface area contributed by atoms with Crippen LogP contribution < -0.4 is 33.7 Å². The van der Waals surface area contributed by atoms with Crippen LogP contribution in [0.15, 0.2) is 42.5 Å². The molecule has 44 heavy (non-hydrogen) atoms. The number of methoxy groups -OCH3 is 6. The van der Waals surface area contributed by atoms with Gasteiger partial charge in [0.2, 0.25) is 11.5 Å². The van der Waals surface area contributed by atoms with Gasteiger partial charge in [-0.1, -0.05) is 19.8 Å². The van der Waals surface area contributed by atoms with E-state index >= 15 is 0 Å². The van der Waals surface area contributed by atoms with E-state index in [1.807, 2.05) is 30.3 Å². The van der Waals surface area contributed by atoms with E-state index in [1.54, 1.807) is 54.8 Å². The normalized spacial score (nSPS) is 16.2. The van der Waals surface area contributed by atoms with Crippen molar-refractivity contribution in [3.8, 4) is 57.0 Å². The third-order valence-electron chi connectivity index (χ3n) is 8.23. The van der Waals surface area contributed by atoms with Gasteiger partial charge in [-0.3, -0.25) is 4.79 Å². The summed E-state index contributed by atoms with van der Waals surface area (Å²) in [5, 5.41) is 3.24. The molecule has 0 bridgehead atoms. The quantitative estimate of drug-likeness (QED) is 0.223. The van der Waals surface area contributed by atoms with Crippen LogP contribution in [0.3, 0.4) is 0 Å². The first-order valence-corrected chi connectivity index (χ1v) is 14.6. The van der Waals surface area contributed by atoms with Gasteiger partial charge in [-0.25, -0.2) is 9.97 Å². The third kappa shape index (κ3) is 5.89. The van der Waals surface area contributed by atoms with Crippen LogP contribution in [-0.4, -0.2) is 64.6 Å². The van der Waals surface area contributed by atoms with Gasteiger partial charge in [0.1, 0.15) is 0 Å². The number of benzene rings is 3. The first-order chi connectivity index (χ1) is 21.3. The average Bonchev–Trinajstić information content (AvgIpc) is 3.06. The van der Waals surface area contributed by atoms with Crippen molar-refractivity contribution >= 4 is 16.9 Å². The predicted octanol–water partition coefficient (Wildman–Crippen LogP) is 6.32. The molecule has 4 aromatic rings. The van der Waals surface area contributed by atoms with Crippen LogP contribution >= 0.6 is 0 Å². The summed E-state index contributed by atoms with van der Waals surface area (Å²) >= 11 is 0. The van der Waals surface area contributed by atoms with E-state index in [0.29, 0.717) is 79.5 Å². The molecule has 1 aliphatic rings. The molecule has 1 aliphatic carbocycles. The zero-order valence-corrected chi connectivity index (χ0v) is 26.3. The van der Waals surface area contributed by atoms with Crippen LogP contribution in [0.1, 0.15) is 43.0 Å². The molecular weight excluding hydrogens is 562 g/mol. The van der Waals surface area contributed by atoms with Crippen molar-refractivity contribution in [2.45, 2.75) is 38.6 Å². The maximum absolute atomic E-state index is 13.3. The molecule has 5 rings (SSSR count). The first-order valence-electron chi connectivity index (χ1n) is 14.6. The average molecular weight is 602 g/mol. The molecule has 2 atom stereocenters. The van der Waals surface area contributed by atoms with E-state index < -0.39 is 0 Å². The molecule has 1 fully saturated rings. The number of ether oxygens (including phenoxy) is 6. The summed E-state index contributed by atoms with van der Waals surface area (Å²) in [5.41, 5.74) is 4.15. The second kappa shape index (κ2) is 13.3. The van der Waals surface area contributed by atoms with Gasteiger partial charge in [0.05, 0.1) is 65.1 Å². The maximum Gasteiger partial charge on any atom is 0.251 e. The minimum Gasteiger partial charge on any atom is -0.493 e. The molecule has 1 N–H and O–H groups in total. The Labute approximate surface area is 257 Å². The van der Waals surface area contributed by atoms with Crippen LogP contribution in [0.4, 0.5) is 0 Å². The SMILES string of the molecule is COc1cc(-c2nc3ccc(C(=O)N[C@@H]4CCCC[C@H]4C)cc3nc2-c2cc(OC)c(OC)c(OC)c2)cc(OC)c1OC. The highest BCUT2D eigenvalue weighted by Gasteiger charge is 2.25. The van der Waals surface area contributed by atoms with Gasteiger partial charge in [-0.2, -0.15) is 0 Å². The second-order valence-corrected chi connectivity index (χ2v) is 10.8. The molecule has 0 spiro atoms. The first kappa shape index (κ1) is 30.7. The lowest BCUT2D eigenvalue weighted by Crippen LogP contribution is -2.41. The van der Waals surface area contributed by atoms with Gasteiger partial charge in [0.25, 0.3) is 5.91 Å². The predicted molar refractivity (Wildman–Crippen MR) is 169 cm³/mol. The number of amides is 1. The molecule has 10 heteroatoms. The topological polar surface area (TPSA) is 110 Å². The Bertz CT molecular complexity index is 1620. The van der Waals surface area contributed by atoms with Gasteiger partial charge < -0.3 is 33.7 Å². The number of fused-ring (bicyclic) bond motifs is 1. The highest BCUT2D eigenvalue weighted by molar-refractivity contribution is 5.98. The van der Waals surface area contributed by atoms with E-state index in [9.17, 15) is 4.79 Å². The van der Waals surface area contributed by atoms with Crippen LogP contribution in [0.25, 0.3) is 33.5 Å². The Morgan fingerprint density at radius 1 is 0.659 bits per heavy atom. The Hall–Kier alpha value is -4.73. The summed E-state index contributed by atoms with van der Waals surface area (Å²) in [5.74, 6) is 3.13. The van der Waals surface area contributed by atoms with E-state index in [4.69, 9.17) is 38.4 Å². The number of hydrogen-bond donors (Lipinski definition) is 1. The largest absolute Gasteiger partial charge is 0.493 e. The molecule has 1 saturated carbocycles. The van der Waals surface area contributed by atoms with Gasteiger partial charge in [0, 0.05) is 22.7 Å². The number of rotatable bonds is 10. The van der Waals surface area contributed by atoms with Crippen molar-refractivity contribution in [3.63, 3.8) is 0 Å². The number of carbonyl (C=O) groups is 1. The van der Waals surface area contributed by atoms with Crippen molar-refractivity contribution in [1.29, 1.82) is 0 Å². The Morgan fingerprint density at radius 3 is 1.59 bits per heavy atom. The minimum atomic E-state index is -0.115. The smallest absolute Gasteiger partial charge is 0.251 e. The zero-order valence-electron chi connectivity index (χ0n) is 26.3. The highest BCUT2D eigenvalue weighted by atomic mass is 16.5. The van der Waals surface area contributed by atoms with E-state index in [1.165, 1.54) is 6.42 Å². The molecule has 0 radical (unpaired) electrons. The molecular formula is C34H39N3O7. The summed E-state index contributed by atoms with van der Waals surface area (Å²) in [6.07, 6.45) is 4.44. The molecule has 0 saturated heterocycles. The number of hydrogen-bond acceptors (Lipinski definition) is 9. The Morgan fingerprint density at radius 2 is 1.14 bits per heavy atom. The fourth-order valence-electron chi connectivity index (χ4n) is 5.82. The van der Waals surface area contributed by atoms with Crippen LogP contribution in [0.5, 0.6) is 34.5 Å². The number of nitrogens with one attached hydrogen (secondary N) is 1. The van der Waals surface area contributed by atoms with E-state index in [-0.39, 0.29) is 11.9 Å². The van der Waals surface area contributed by atoms with Crippen LogP contribution in [0.2, 0.25) is 0 Å². The van der Waals surface area contributed by atoms with Crippen molar-refractivity contribution in [1.82, 2.24) is 15.3 Å². The molecule has 1 heterocycles. The second-order valence-electron chi connectivity index (χ2n) is 10.8. The van der Waals surface area contributed by atoms with Gasteiger partial charge in [-0.05, 0) is 61.2 Å². The third-order valence-corrected chi connectivity index (χ3v) is 8.23. The lowest BCUT2D eigenvalue weighted by Gasteiger charge is -2.29. The van der Waals surface area contributed by atoms with Gasteiger partial charge in [0.15, 0.2) is 23.0 Å². The van der Waals surface area contributed by atoms with Crippen molar-refractivity contribution in [3.05, 3.63) is 48.0 Å². The summed E-state index contributed by atoms with van der Waals surface area (Å²) < 4.78 is 33.7. The van der Waals surface area contributed by atoms with Crippen LogP contribution in [0, 0.1) is 5.92 Å². The van der Waals surface area contributed by atoms with Crippen molar-refractivity contribution < 1.29 is 33.2 Å². The number of aromatic nitrogens is 2.